The van der Waals surface area contributed by atoms with Crippen LogP contribution in [0, 0.1) is 12.8 Å². The second kappa shape index (κ2) is 9.65. The van der Waals surface area contributed by atoms with Gasteiger partial charge in [0.1, 0.15) is 6.29 Å². The molecule has 3 aromatic carbocycles. The highest BCUT2D eigenvalue weighted by molar-refractivity contribution is 5.84. The second-order valence-corrected chi connectivity index (χ2v) is 8.60. The molecule has 0 radical (unpaired) electrons. The molecule has 0 bridgehead atoms. The number of aryl methyl sites for hydroxylation is 1. The minimum atomic E-state index is 0.533. The number of carbonyl (C=O) groups is 1. The summed E-state index contributed by atoms with van der Waals surface area (Å²) in [4.78, 5) is 10.7. The van der Waals surface area contributed by atoms with Crippen LogP contribution >= 0.6 is 0 Å². The zero-order valence-electron chi connectivity index (χ0n) is 19.0. The standard InChI is InChI=1S/C30H29NO/c1-22(2)19-27-21-28(25-12-6-4-7-13-25)30(26-14-8-5-9-15-26)31(27)29-17-16-24(11-10-18-32)20-23(29)3/h4-18,20-22H,19H2,1-3H3/b11-10+. The van der Waals surface area contributed by atoms with Crippen LogP contribution in [0.3, 0.4) is 0 Å². The molecule has 0 aliphatic heterocycles. The number of allylic oxidation sites excluding steroid dienone is 1. The van der Waals surface area contributed by atoms with Gasteiger partial charge in [-0.25, -0.2) is 0 Å². The van der Waals surface area contributed by atoms with E-state index in [-0.39, 0.29) is 0 Å². The maximum atomic E-state index is 10.7. The van der Waals surface area contributed by atoms with Gasteiger partial charge in [0.2, 0.25) is 0 Å². The van der Waals surface area contributed by atoms with Gasteiger partial charge < -0.3 is 4.57 Å². The molecule has 160 valence electrons. The van der Waals surface area contributed by atoms with Crippen molar-refractivity contribution in [1.82, 2.24) is 4.57 Å². The molecule has 2 nitrogen and oxygen atoms in total. The molecule has 0 N–H and O–H groups in total. The molecule has 4 rings (SSSR count). The van der Waals surface area contributed by atoms with E-state index >= 15 is 0 Å². The Kier molecular flexibility index (Phi) is 6.51. The van der Waals surface area contributed by atoms with Crippen molar-refractivity contribution in [1.29, 1.82) is 0 Å². The first kappa shape index (κ1) is 21.6. The van der Waals surface area contributed by atoms with Crippen molar-refractivity contribution >= 4 is 12.4 Å². The largest absolute Gasteiger partial charge is 0.313 e. The molecular formula is C30H29NO. The number of aldehydes is 1. The fourth-order valence-electron chi connectivity index (χ4n) is 4.31. The van der Waals surface area contributed by atoms with E-state index in [2.05, 4.69) is 110 Å². The van der Waals surface area contributed by atoms with Gasteiger partial charge in [0.05, 0.1) is 5.69 Å². The Morgan fingerprint density at radius 1 is 0.844 bits per heavy atom. The minimum absolute atomic E-state index is 0.533. The van der Waals surface area contributed by atoms with E-state index in [1.165, 1.54) is 45.4 Å². The normalized spacial score (nSPS) is 11.4. The summed E-state index contributed by atoms with van der Waals surface area (Å²) in [5.74, 6) is 0.533. The van der Waals surface area contributed by atoms with Gasteiger partial charge in [0.15, 0.2) is 0 Å². The van der Waals surface area contributed by atoms with Crippen LogP contribution in [-0.4, -0.2) is 10.9 Å². The summed E-state index contributed by atoms with van der Waals surface area (Å²) in [5.41, 5.74) is 9.56. The van der Waals surface area contributed by atoms with Crippen LogP contribution in [0.1, 0.15) is 30.7 Å². The highest BCUT2D eigenvalue weighted by atomic mass is 16.1. The Labute approximate surface area is 190 Å². The summed E-state index contributed by atoms with van der Waals surface area (Å²) in [7, 11) is 0. The van der Waals surface area contributed by atoms with Crippen molar-refractivity contribution in [2.75, 3.05) is 0 Å². The molecule has 0 aliphatic carbocycles. The maximum absolute atomic E-state index is 10.7. The number of carbonyl (C=O) groups excluding carboxylic acids is 1. The van der Waals surface area contributed by atoms with Crippen molar-refractivity contribution in [3.05, 3.63) is 108 Å². The molecule has 0 unspecified atom stereocenters. The predicted octanol–water partition coefficient (Wildman–Crippen LogP) is 7.53. The van der Waals surface area contributed by atoms with Crippen molar-refractivity contribution < 1.29 is 4.79 Å². The molecule has 0 amide bonds. The van der Waals surface area contributed by atoms with Crippen LogP contribution in [0.2, 0.25) is 0 Å². The molecule has 0 aliphatic rings. The van der Waals surface area contributed by atoms with E-state index in [4.69, 9.17) is 0 Å². The number of rotatable bonds is 7. The van der Waals surface area contributed by atoms with Crippen LogP contribution in [0.4, 0.5) is 0 Å². The van der Waals surface area contributed by atoms with Crippen LogP contribution < -0.4 is 0 Å². The lowest BCUT2D eigenvalue weighted by molar-refractivity contribution is -0.104. The van der Waals surface area contributed by atoms with Gasteiger partial charge >= 0.3 is 0 Å². The summed E-state index contributed by atoms with van der Waals surface area (Å²) in [6.07, 6.45) is 5.19. The van der Waals surface area contributed by atoms with Crippen LogP contribution in [0.15, 0.2) is 91.0 Å². The molecule has 0 atom stereocenters. The number of aromatic nitrogens is 1. The van der Waals surface area contributed by atoms with Gasteiger partial charge in [0, 0.05) is 16.9 Å². The highest BCUT2D eigenvalue weighted by Crippen LogP contribution is 2.39. The van der Waals surface area contributed by atoms with Crippen molar-refractivity contribution in [3.8, 4) is 28.1 Å². The Balaban J connectivity index is 2.01. The molecule has 2 heteroatoms. The summed E-state index contributed by atoms with van der Waals surface area (Å²) < 4.78 is 2.43. The monoisotopic (exact) mass is 419 g/mol. The lowest BCUT2D eigenvalue weighted by atomic mass is 10.0. The van der Waals surface area contributed by atoms with E-state index in [1.54, 1.807) is 0 Å². The number of nitrogens with zero attached hydrogens (tertiary/aromatic N) is 1. The van der Waals surface area contributed by atoms with Crippen LogP contribution in [0.25, 0.3) is 34.1 Å². The number of benzene rings is 3. The Morgan fingerprint density at radius 2 is 1.50 bits per heavy atom. The SMILES string of the molecule is Cc1cc(/C=C/C=O)ccc1-n1c(CC(C)C)cc(-c2ccccc2)c1-c1ccccc1. The Morgan fingerprint density at radius 3 is 2.09 bits per heavy atom. The Hall–Kier alpha value is -3.65. The smallest absolute Gasteiger partial charge is 0.142 e. The fraction of sp³-hybridized carbons (Fsp3) is 0.167. The predicted molar refractivity (Wildman–Crippen MR) is 135 cm³/mol. The summed E-state index contributed by atoms with van der Waals surface area (Å²) in [5, 5.41) is 0. The highest BCUT2D eigenvalue weighted by Gasteiger charge is 2.20. The maximum Gasteiger partial charge on any atom is 0.142 e. The molecule has 4 aromatic rings. The quantitative estimate of drug-likeness (QED) is 0.224. The second-order valence-electron chi connectivity index (χ2n) is 8.60. The molecule has 32 heavy (non-hydrogen) atoms. The first-order valence-electron chi connectivity index (χ1n) is 11.2. The number of hydrogen-bond acceptors (Lipinski definition) is 1. The van der Waals surface area contributed by atoms with Crippen LogP contribution in [0.5, 0.6) is 0 Å². The van der Waals surface area contributed by atoms with Gasteiger partial charge in [-0.05, 0) is 65.8 Å². The first-order chi connectivity index (χ1) is 15.6. The Bertz CT molecular complexity index is 1230. The molecule has 0 spiro atoms. The molecule has 0 saturated heterocycles. The van der Waals surface area contributed by atoms with E-state index in [1.807, 2.05) is 6.08 Å². The molecule has 0 fully saturated rings. The van der Waals surface area contributed by atoms with Crippen molar-refractivity contribution in [2.24, 2.45) is 5.92 Å². The third-order valence-corrected chi connectivity index (χ3v) is 5.66. The van der Waals surface area contributed by atoms with E-state index in [9.17, 15) is 4.79 Å². The topological polar surface area (TPSA) is 22.0 Å². The summed E-state index contributed by atoms with van der Waals surface area (Å²) in [6.45, 7) is 6.67. The van der Waals surface area contributed by atoms with E-state index in [0.717, 1.165) is 18.3 Å². The van der Waals surface area contributed by atoms with Crippen molar-refractivity contribution in [3.63, 3.8) is 0 Å². The molecular weight excluding hydrogens is 390 g/mol. The van der Waals surface area contributed by atoms with Crippen LogP contribution in [-0.2, 0) is 11.2 Å². The zero-order chi connectivity index (χ0) is 22.5. The third-order valence-electron chi connectivity index (χ3n) is 5.66. The lowest BCUT2D eigenvalue weighted by Crippen LogP contribution is -2.07. The fourth-order valence-corrected chi connectivity index (χ4v) is 4.31. The average Bonchev–Trinajstić information content (AvgIpc) is 3.17. The first-order valence-corrected chi connectivity index (χ1v) is 11.2. The van der Waals surface area contributed by atoms with Gasteiger partial charge in [-0.1, -0.05) is 86.7 Å². The average molecular weight is 420 g/mol. The van der Waals surface area contributed by atoms with Gasteiger partial charge in [-0.3, -0.25) is 4.79 Å². The molecule has 1 aromatic heterocycles. The van der Waals surface area contributed by atoms with Gasteiger partial charge in [0.25, 0.3) is 0 Å². The summed E-state index contributed by atoms with van der Waals surface area (Å²) in [6, 6.07) is 30.0. The third kappa shape index (κ3) is 4.50. The lowest BCUT2D eigenvalue weighted by Gasteiger charge is -2.18. The van der Waals surface area contributed by atoms with E-state index in [0.29, 0.717) is 5.92 Å². The zero-order valence-corrected chi connectivity index (χ0v) is 19.0. The molecule has 1 heterocycles. The minimum Gasteiger partial charge on any atom is -0.313 e. The van der Waals surface area contributed by atoms with Gasteiger partial charge in [-0.2, -0.15) is 0 Å². The van der Waals surface area contributed by atoms with Crippen molar-refractivity contribution in [2.45, 2.75) is 27.2 Å². The number of hydrogen-bond donors (Lipinski definition) is 0. The van der Waals surface area contributed by atoms with E-state index < -0.39 is 0 Å². The summed E-state index contributed by atoms with van der Waals surface area (Å²) >= 11 is 0. The molecule has 0 saturated carbocycles. The van der Waals surface area contributed by atoms with Gasteiger partial charge in [-0.15, -0.1) is 0 Å².